The lowest BCUT2D eigenvalue weighted by Gasteiger charge is -2.38. The zero-order valence-electron chi connectivity index (χ0n) is 20.4. The van der Waals surface area contributed by atoms with Crippen LogP contribution in [0.4, 0.5) is 4.79 Å². The normalized spacial score (nSPS) is 16.1. The molecule has 0 fully saturated rings. The molecule has 1 N–H and O–H groups in total. The molecule has 0 aliphatic carbocycles. The predicted molar refractivity (Wildman–Crippen MR) is 128 cm³/mol. The van der Waals surface area contributed by atoms with Crippen LogP contribution in [0.5, 0.6) is 0 Å². The van der Waals surface area contributed by atoms with Crippen molar-refractivity contribution in [3.05, 3.63) is 35.4 Å². The molecule has 2 rings (SSSR count). The summed E-state index contributed by atoms with van der Waals surface area (Å²) < 4.78 is 5.29. The monoisotopic (exact) mass is 460 g/mol. The van der Waals surface area contributed by atoms with Gasteiger partial charge in [0.2, 0.25) is 0 Å². The molecule has 0 spiro atoms. The van der Waals surface area contributed by atoms with Gasteiger partial charge in [0.25, 0.3) is 0 Å². The maximum Gasteiger partial charge on any atom is 0.326 e. The summed E-state index contributed by atoms with van der Waals surface area (Å²) in [7, 11) is 0. The Morgan fingerprint density at radius 3 is 2.36 bits per heavy atom. The second kappa shape index (κ2) is 13.9. The first-order valence-corrected chi connectivity index (χ1v) is 12.4. The number of urea groups is 1. The molecule has 33 heavy (non-hydrogen) atoms. The number of carboxylic acids is 1. The molecule has 1 aromatic carbocycles. The first-order chi connectivity index (χ1) is 15.9. The first kappa shape index (κ1) is 26.7. The summed E-state index contributed by atoms with van der Waals surface area (Å²) in [6.07, 6.45) is 7.68. The molecule has 1 aliphatic rings. The van der Waals surface area contributed by atoms with Crippen LogP contribution in [0.25, 0.3) is 0 Å². The molecule has 0 unspecified atom stereocenters. The SMILES string of the molecule is CCCCCCCC[C@H](CN(CC)C(=O)N1Cc2ccccc2C[C@H]1C(=O)O)C(=O)OCC. The van der Waals surface area contributed by atoms with Crippen LogP contribution in [-0.4, -0.2) is 58.6 Å². The maximum atomic E-state index is 13.5. The number of rotatable bonds is 13. The average Bonchev–Trinajstić information content (AvgIpc) is 2.82. The van der Waals surface area contributed by atoms with Crippen molar-refractivity contribution in [2.75, 3.05) is 19.7 Å². The molecule has 0 radical (unpaired) electrons. The highest BCUT2D eigenvalue weighted by atomic mass is 16.5. The van der Waals surface area contributed by atoms with E-state index in [9.17, 15) is 19.5 Å². The third-order valence-electron chi connectivity index (χ3n) is 6.40. The molecule has 0 saturated heterocycles. The highest BCUT2D eigenvalue weighted by Gasteiger charge is 2.37. The van der Waals surface area contributed by atoms with Crippen LogP contribution in [0.2, 0.25) is 0 Å². The van der Waals surface area contributed by atoms with E-state index in [0.29, 0.717) is 19.6 Å². The van der Waals surface area contributed by atoms with Gasteiger partial charge in [0, 0.05) is 26.1 Å². The van der Waals surface area contributed by atoms with Gasteiger partial charge < -0.3 is 19.6 Å². The van der Waals surface area contributed by atoms with Gasteiger partial charge >= 0.3 is 18.0 Å². The van der Waals surface area contributed by atoms with Crippen LogP contribution in [0.15, 0.2) is 24.3 Å². The van der Waals surface area contributed by atoms with Crippen LogP contribution < -0.4 is 0 Å². The summed E-state index contributed by atoms with van der Waals surface area (Å²) in [5.74, 6) is -1.70. The van der Waals surface area contributed by atoms with Crippen LogP contribution >= 0.6 is 0 Å². The van der Waals surface area contributed by atoms with Gasteiger partial charge in [-0.15, -0.1) is 0 Å². The van der Waals surface area contributed by atoms with E-state index in [1.807, 2.05) is 31.2 Å². The molecule has 2 atom stereocenters. The number of amides is 2. The van der Waals surface area contributed by atoms with Crippen LogP contribution in [-0.2, 0) is 27.3 Å². The van der Waals surface area contributed by atoms with Gasteiger partial charge in [0.15, 0.2) is 0 Å². The first-order valence-electron chi connectivity index (χ1n) is 12.4. The minimum atomic E-state index is -1.01. The van der Waals surface area contributed by atoms with Gasteiger partial charge in [-0.25, -0.2) is 9.59 Å². The van der Waals surface area contributed by atoms with E-state index in [1.54, 1.807) is 11.8 Å². The molecule has 0 saturated carbocycles. The van der Waals surface area contributed by atoms with Crippen LogP contribution in [0.3, 0.4) is 0 Å². The van der Waals surface area contributed by atoms with Crippen LogP contribution in [0, 0.1) is 5.92 Å². The Hall–Kier alpha value is -2.57. The summed E-state index contributed by atoms with van der Waals surface area (Å²) in [5, 5.41) is 9.80. The number of carbonyl (C=O) groups is 3. The number of hydrogen-bond acceptors (Lipinski definition) is 4. The van der Waals surface area contributed by atoms with Gasteiger partial charge in [-0.2, -0.15) is 0 Å². The molecule has 2 amide bonds. The molecule has 184 valence electrons. The number of aliphatic carboxylic acids is 1. The van der Waals surface area contributed by atoms with Gasteiger partial charge in [-0.3, -0.25) is 4.79 Å². The van der Waals surface area contributed by atoms with Gasteiger partial charge in [0.1, 0.15) is 6.04 Å². The summed E-state index contributed by atoms with van der Waals surface area (Å²) >= 11 is 0. The number of esters is 1. The number of ether oxygens (including phenoxy) is 1. The second-order valence-corrected chi connectivity index (χ2v) is 8.78. The van der Waals surface area contributed by atoms with E-state index in [4.69, 9.17) is 4.74 Å². The maximum absolute atomic E-state index is 13.5. The number of carboxylic acid groups (broad SMARTS) is 1. The van der Waals surface area contributed by atoms with Crippen molar-refractivity contribution in [3.8, 4) is 0 Å². The summed E-state index contributed by atoms with van der Waals surface area (Å²) in [5.41, 5.74) is 1.93. The zero-order valence-corrected chi connectivity index (χ0v) is 20.4. The quantitative estimate of drug-likeness (QED) is 0.335. The van der Waals surface area contributed by atoms with E-state index in [-0.39, 0.29) is 31.5 Å². The molecule has 0 bridgehead atoms. The average molecular weight is 461 g/mol. The van der Waals surface area contributed by atoms with Crippen LogP contribution in [0.1, 0.15) is 76.8 Å². The van der Waals surface area contributed by atoms with Gasteiger partial charge in [-0.05, 0) is 31.4 Å². The van der Waals surface area contributed by atoms with Crippen molar-refractivity contribution in [1.82, 2.24) is 9.80 Å². The van der Waals surface area contributed by atoms with E-state index >= 15 is 0 Å². The highest BCUT2D eigenvalue weighted by molar-refractivity contribution is 5.84. The van der Waals surface area contributed by atoms with Gasteiger partial charge in [0.05, 0.1) is 12.5 Å². The molecular weight excluding hydrogens is 420 g/mol. The van der Waals surface area contributed by atoms with E-state index in [0.717, 1.165) is 30.4 Å². The Morgan fingerprint density at radius 1 is 1.06 bits per heavy atom. The van der Waals surface area contributed by atoms with Gasteiger partial charge in [-0.1, -0.05) is 69.7 Å². The highest BCUT2D eigenvalue weighted by Crippen LogP contribution is 2.25. The van der Waals surface area contributed by atoms with Crippen molar-refractivity contribution < 1.29 is 24.2 Å². The van der Waals surface area contributed by atoms with Crippen molar-refractivity contribution in [3.63, 3.8) is 0 Å². The van der Waals surface area contributed by atoms with E-state index in [2.05, 4.69) is 6.92 Å². The third kappa shape index (κ3) is 7.76. The minimum absolute atomic E-state index is 0.244. The largest absolute Gasteiger partial charge is 0.480 e. The standard InChI is InChI=1S/C26H40N2O5/c1-4-7-8-9-10-11-16-22(25(31)33-6-3)18-27(5-2)26(32)28-19-21-15-13-12-14-20(21)17-23(28)24(29)30/h12-15,22-23H,4-11,16-19H2,1-3H3,(H,29,30)/t22-,23+/m1/s1. The number of benzene rings is 1. The second-order valence-electron chi connectivity index (χ2n) is 8.78. The summed E-state index contributed by atoms with van der Waals surface area (Å²) in [6, 6.07) is 6.39. The molecular formula is C26H40N2O5. The molecule has 0 aromatic heterocycles. The van der Waals surface area contributed by atoms with Crippen molar-refractivity contribution >= 4 is 18.0 Å². The fraction of sp³-hybridized carbons (Fsp3) is 0.654. The van der Waals surface area contributed by atoms with Crippen molar-refractivity contribution in [1.29, 1.82) is 0 Å². The Kier molecular flexibility index (Phi) is 11.2. The molecule has 1 aliphatic heterocycles. The Labute approximate surface area is 198 Å². The molecule has 7 heteroatoms. The zero-order chi connectivity index (χ0) is 24.2. The topological polar surface area (TPSA) is 87.2 Å². The number of hydrogen-bond donors (Lipinski definition) is 1. The summed E-state index contributed by atoms with van der Waals surface area (Å²) in [6.45, 7) is 7.02. The van der Waals surface area contributed by atoms with E-state index in [1.165, 1.54) is 24.2 Å². The predicted octanol–water partition coefficient (Wildman–Crippen LogP) is 4.87. The molecule has 1 heterocycles. The Balaban J connectivity index is 2.09. The third-order valence-corrected chi connectivity index (χ3v) is 6.40. The minimum Gasteiger partial charge on any atom is -0.480 e. The fourth-order valence-electron chi connectivity index (χ4n) is 4.45. The lowest BCUT2D eigenvalue weighted by molar-refractivity contribution is -0.149. The van der Waals surface area contributed by atoms with E-state index < -0.39 is 17.9 Å². The Bertz CT molecular complexity index is 782. The number of unbranched alkanes of at least 4 members (excludes halogenated alkanes) is 5. The molecule has 1 aromatic rings. The lowest BCUT2D eigenvalue weighted by Crippen LogP contribution is -2.54. The number of fused-ring (bicyclic) bond motifs is 1. The fourth-order valence-corrected chi connectivity index (χ4v) is 4.45. The number of nitrogens with zero attached hydrogens (tertiary/aromatic N) is 2. The van der Waals surface area contributed by atoms with Crippen molar-refractivity contribution in [2.24, 2.45) is 5.92 Å². The van der Waals surface area contributed by atoms with Crippen molar-refractivity contribution in [2.45, 2.75) is 84.7 Å². The smallest absolute Gasteiger partial charge is 0.326 e. The molecule has 7 nitrogen and oxygen atoms in total. The summed E-state index contributed by atoms with van der Waals surface area (Å²) in [4.78, 5) is 41.1. The Morgan fingerprint density at radius 2 is 1.73 bits per heavy atom. The lowest BCUT2D eigenvalue weighted by atomic mass is 9.94. The number of carbonyl (C=O) groups excluding carboxylic acids is 2.